The highest BCUT2D eigenvalue weighted by Gasteiger charge is 2.46. The number of aryl methyl sites for hydroxylation is 2. The molecule has 0 bridgehead atoms. The molecular weight excluding hydrogens is 336 g/mol. The van der Waals surface area contributed by atoms with Gasteiger partial charge in [-0.1, -0.05) is 30.3 Å². The Morgan fingerprint density at radius 1 is 1.15 bits per heavy atom. The molecular formula is C22H28N4O. The van der Waals surface area contributed by atoms with Gasteiger partial charge in [0.05, 0.1) is 11.3 Å². The second kappa shape index (κ2) is 7.04. The van der Waals surface area contributed by atoms with E-state index in [1.807, 2.05) is 18.7 Å². The van der Waals surface area contributed by atoms with Crippen molar-refractivity contribution in [2.75, 3.05) is 26.7 Å². The fourth-order valence-corrected chi connectivity index (χ4v) is 4.83. The van der Waals surface area contributed by atoms with Gasteiger partial charge in [-0.3, -0.25) is 9.69 Å². The van der Waals surface area contributed by atoms with E-state index in [2.05, 4.69) is 52.2 Å². The Labute approximate surface area is 161 Å². The summed E-state index contributed by atoms with van der Waals surface area (Å²) in [6, 6.07) is 10.8. The molecule has 1 spiro atoms. The number of likely N-dealkylation sites (N-methyl/N-ethyl adjacent to an activating group) is 1. The summed E-state index contributed by atoms with van der Waals surface area (Å²) in [6.07, 6.45) is 4.92. The van der Waals surface area contributed by atoms with Gasteiger partial charge in [0.1, 0.15) is 5.82 Å². The molecule has 0 N–H and O–H groups in total. The maximum absolute atomic E-state index is 12.9. The van der Waals surface area contributed by atoms with Crippen LogP contribution in [-0.4, -0.2) is 57.9 Å². The summed E-state index contributed by atoms with van der Waals surface area (Å²) in [5.41, 5.74) is 3.07. The number of hydrogen-bond donors (Lipinski definition) is 0. The maximum Gasteiger partial charge on any atom is 0.257 e. The first-order chi connectivity index (χ1) is 13.0. The molecule has 1 aromatic heterocycles. The van der Waals surface area contributed by atoms with Gasteiger partial charge in [0.25, 0.3) is 5.91 Å². The normalized spacial score (nSPS) is 22.3. The van der Waals surface area contributed by atoms with Gasteiger partial charge in [-0.05, 0) is 51.6 Å². The largest absolute Gasteiger partial charge is 0.338 e. The van der Waals surface area contributed by atoms with Crippen molar-refractivity contribution in [3.05, 3.63) is 59.2 Å². The van der Waals surface area contributed by atoms with E-state index in [9.17, 15) is 4.79 Å². The van der Waals surface area contributed by atoms with Gasteiger partial charge >= 0.3 is 0 Å². The minimum atomic E-state index is 0.0719. The van der Waals surface area contributed by atoms with Crippen molar-refractivity contribution in [1.29, 1.82) is 0 Å². The Morgan fingerprint density at radius 2 is 1.85 bits per heavy atom. The van der Waals surface area contributed by atoms with E-state index in [1.165, 1.54) is 12.0 Å². The lowest BCUT2D eigenvalue weighted by atomic mass is 9.81. The van der Waals surface area contributed by atoms with Crippen LogP contribution in [0.2, 0.25) is 0 Å². The smallest absolute Gasteiger partial charge is 0.257 e. The number of carbonyl (C=O) groups is 1. The van der Waals surface area contributed by atoms with Crippen LogP contribution in [0.15, 0.2) is 36.5 Å². The van der Waals surface area contributed by atoms with Gasteiger partial charge in [0, 0.05) is 31.4 Å². The third kappa shape index (κ3) is 3.36. The molecule has 1 atom stereocenters. The zero-order valence-corrected chi connectivity index (χ0v) is 16.5. The SMILES string of the molecule is Cc1ncc(C(=O)N2CCC3(CC2)C[C@@H](c2ccccc2)CN3C)c(C)n1. The third-order valence-corrected chi connectivity index (χ3v) is 6.51. The highest BCUT2D eigenvalue weighted by atomic mass is 16.2. The number of likely N-dealkylation sites (tertiary alicyclic amines) is 2. The van der Waals surface area contributed by atoms with Gasteiger partial charge in [-0.25, -0.2) is 9.97 Å². The van der Waals surface area contributed by atoms with Crippen molar-refractivity contribution in [3.8, 4) is 0 Å². The van der Waals surface area contributed by atoms with Crippen LogP contribution in [-0.2, 0) is 0 Å². The summed E-state index contributed by atoms with van der Waals surface area (Å²) < 4.78 is 0. The second-order valence-electron chi connectivity index (χ2n) is 8.13. The van der Waals surface area contributed by atoms with E-state index in [-0.39, 0.29) is 11.4 Å². The van der Waals surface area contributed by atoms with E-state index < -0.39 is 0 Å². The Balaban J connectivity index is 1.44. The second-order valence-corrected chi connectivity index (χ2v) is 8.13. The van der Waals surface area contributed by atoms with Crippen LogP contribution >= 0.6 is 0 Å². The van der Waals surface area contributed by atoms with Crippen LogP contribution in [0.3, 0.4) is 0 Å². The molecule has 0 aliphatic carbocycles. The molecule has 4 rings (SSSR count). The standard InChI is InChI=1S/C22H28N4O/c1-16-20(14-23-17(2)24-16)21(27)26-11-9-22(10-12-26)13-19(15-25(22)3)18-7-5-4-6-8-18/h4-8,14,19H,9-13,15H2,1-3H3/t19-/m1/s1. The minimum absolute atomic E-state index is 0.0719. The predicted octanol–water partition coefficient (Wildman–Crippen LogP) is 3.19. The molecule has 142 valence electrons. The highest BCUT2D eigenvalue weighted by Crippen LogP contribution is 2.44. The number of piperidine rings is 1. The summed E-state index contributed by atoms with van der Waals surface area (Å²) in [4.78, 5) is 26.0. The fourth-order valence-electron chi connectivity index (χ4n) is 4.83. The van der Waals surface area contributed by atoms with Crippen LogP contribution in [0, 0.1) is 13.8 Å². The van der Waals surface area contributed by atoms with Crippen molar-refractivity contribution < 1.29 is 4.79 Å². The molecule has 2 saturated heterocycles. The molecule has 2 aliphatic rings. The van der Waals surface area contributed by atoms with Crippen molar-refractivity contribution >= 4 is 5.91 Å². The van der Waals surface area contributed by atoms with Crippen molar-refractivity contribution in [3.63, 3.8) is 0 Å². The molecule has 2 fully saturated rings. The third-order valence-electron chi connectivity index (χ3n) is 6.51. The topological polar surface area (TPSA) is 49.3 Å². The Hall–Kier alpha value is -2.27. The Morgan fingerprint density at radius 3 is 2.52 bits per heavy atom. The van der Waals surface area contributed by atoms with E-state index in [0.29, 0.717) is 17.3 Å². The molecule has 5 nitrogen and oxygen atoms in total. The first kappa shape index (κ1) is 18.1. The minimum Gasteiger partial charge on any atom is -0.338 e. The van der Waals surface area contributed by atoms with E-state index in [1.54, 1.807) is 6.20 Å². The first-order valence-corrected chi connectivity index (χ1v) is 9.84. The molecule has 5 heteroatoms. The summed E-state index contributed by atoms with van der Waals surface area (Å²) in [7, 11) is 2.25. The van der Waals surface area contributed by atoms with Crippen LogP contribution in [0.1, 0.15) is 52.6 Å². The summed E-state index contributed by atoms with van der Waals surface area (Å²) in [5.74, 6) is 1.37. The lowest BCUT2D eigenvalue weighted by Gasteiger charge is -2.43. The summed E-state index contributed by atoms with van der Waals surface area (Å²) in [5, 5.41) is 0. The molecule has 2 aromatic rings. The molecule has 0 unspecified atom stereocenters. The molecule has 1 amide bonds. The first-order valence-electron chi connectivity index (χ1n) is 9.84. The summed E-state index contributed by atoms with van der Waals surface area (Å²) >= 11 is 0. The number of benzene rings is 1. The number of aromatic nitrogens is 2. The quantitative estimate of drug-likeness (QED) is 0.821. The van der Waals surface area contributed by atoms with Gasteiger partial charge in [-0.15, -0.1) is 0 Å². The van der Waals surface area contributed by atoms with Crippen LogP contribution in [0.5, 0.6) is 0 Å². The number of amides is 1. The predicted molar refractivity (Wildman–Crippen MR) is 106 cm³/mol. The fraction of sp³-hybridized carbons (Fsp3) is 0.500. The molecule has 0 saturated carbocycles. The Bertz CT molecular complexity index is 827. The van der Waals surface area contributed by atoms with E-state index in [0.717, 1.165) is 38.2 Å². The summed E-state index contributed by atoms with van der Waals surface area (Å²) in [6.45, 7) is 6.45. The number of carbonyl (C=O) groups excluding carboxylic acids is 1. The molecule has 0 radical (unpaired) electrons. The van der Waals surface area contributed by atoms with Gasteiger partial charge in [0.15, 0.2) is 0 Å². The molecule has 1 aromatic carbocycles. The highest BCUT2D eigenvalue weighted by molar-refractivity contribution is 5.95. The zero-order valence-electron chi connectivity index (χ0n) is 16.5. The molecule has 3 heterocycles. The lowest BCUT2D eigenvalue weighted by molar-refractivity contribution is 0.0490. The van der Waals surface area contributed by atoms with Gasteiger partial charge in [-0.2, -0.15) is 0 Å². The number of rotatable bonds is 2. The number of hydrogen-bond acceptors (Lipinski definition) is 4. The van der Waals surface area contributed by atoms with Crippen LogP contribution in [0.4, 0.5) is 0 Å². The lowest BCUT2D eigenvalue weighted by Crippen LogP contribution is -2.52. The number of nitrogens with zero attached hydrogens (tertiary/aromatic N) is 4. The monoisotopic (exact) mass is 364 g/mol. The van der Waals surface area contributed by atoms with Gasteiger partial charge < -0.3 is 4.90 Å². The average Bonchev–Trinajstić information content (AvgIpc) is 2.99. The van der Waals surface area contributed by atoms with Crippen molar-refractivity contribution in [1.82, 2.24) is 19.8 Å². The van der Waals surface area contributed by atoms with Crippen LogP contribution < -0.4 is 0 Å². The van der Waals surface area contributed by atoms with Crippen molar-refractivity contribution in [2.24, 2.45) is 0 Å². The van der Waals surface area contributed by atoms with Crippen LogP contribution in [0.25, 0.3) is 0 Å². The van der Waals surface area contributed by atoms with Gasteiger partial charge in [0.2, 0.25) is 0 Å². The van der Waals surface area contributed by atoms with E-state index in [4.69, 9.17) is 0 Å². The molecule has 27 heavy (non-hydrogen) atoms. The van der Waals surface area contributed by atoms with Crippen molar-refractivity contribution in [2.45, 2.75) is 44.6 Å². The average molecular weight is 364 g/mol. The van der Waals surface area contributed by atoms with E-state index >= 15 is 0 Å². The Kier molecular flexibility index (Phi) is 4.72. The maximum atomic E-state index is 12.9. The zero-order chi connectivity index (χ0) is 19.0. The molecule has 2 aliphatic heterocycles.